The van der Waals surface area contributed by atoms with Gasteiger partial charge in [-0.15, -0.1) is 5.06 Å². The molecule has 0 aliphatic carbocycles. The maximum atomic E-state index is 11.2. The van der Waals surface area contributed by atoms with Crippen LogP contribution in [0.25, 0.3) is 0 Å². The quantitative estimate of drug-likeness (QED) is 0.374. The molecule has 2 amide bonds. The minimum atomic E-state index is -0.295. The maximum absolute atomic E-state index is 11.2. The van der Waals surface area contributed by atoms with Gasteiger partial charge in [0.1, 0.15) is 0 Å². The Morgan fingerprint density at radius 1 is 1.36 bits per heavy atom. The second-order valence-electron chi connectivity index (χ2n) is 3.39. The van der Waals surface area contributed by atoms with Crippen molar-refractivity contribution in [3.05, 3.63) is 0 Å². The average Bonchev–Trinajstić information content (AvgIpc) is 2.43. The summed E-state index contributed by atoms with van der Waals surface area (Å²) in [5.41, 5.74) is 0. The van der Waals surface area contributed by atoms with Gasteiger partial charge < -0.3 is 4.84 Å². The molecule has 0 aromatic rings. The van der Waals surface area contributed by atoms with Gasteiger partial charge in [-0.25, -0.2) is 0 Å². The molecular formula is C9H14N2O3. The van der Waals surface area contributed by atoms with E-state index in [1.807, 2.05) is 13.8 Å². The molecule has 0 spiro atoms. The Balaban J connectivity index is 2.67. The van der Waals surface area contributed by atoms with Crippen molar-refractivity contribution in [3.63, 3.8) is 0 Å². The fourth-order valence-corrected chi connectivity index (χ4v) is 1.16. The molecule has 1 heterocycles. The molecule has 78 valence electrons. The van der Waals surface area contributed by atoms with Gasteiger partial charge in [-0.2, -0.15) is 0 Å². The van der Waals surface area contributed by atoms with E-state index in [0.717, 1.165) is 5.06 Å². The van der Waals surface area contributed by atoms with E-state index in [0.29, 0.717) is 5.90 Å². The maximum Gasteiger partial charge on any atom is 0.263 e. The average molecular weight is 198 g/mol. The first-order chi connectivity index (χ1) is 6.56. The lowest BCUT2D eigenvalue weighted by molar-refractivity contribution is -0.168. The van der Waals surface area contributed by atoms with Crippen molar-refractivity contribution in [2.75, 3.05) is 7.05 Å². The number of aliphatic imine (C=N–C) groups is 1. The summed E-state index contributed by atoms with van der Waals surface area (Å²) in [5, 5.41) is 0.808. The Labute approximate surface area is 82.7 Å². The number of rotatable bonds is 2. The molecule has 1 saturated heterocycles. The molecular weight excluding hydrogens is 184 g/mol. The highest BCUT2D eigenvalue weighted by Crippen LogP contribution is 2.14. The third-order valence-electron chi connectivity index (χ3n) is 1.90. The van der Waals surface area contributed by atoms with Crippen molar-refractivity contribution < 1.29 is 14.4 Å². The zero-order valence-electron chi connectivity index (χ0n) is 8.61. The summed E-state index contributed by atoms with van der Waals surface area (Å²) in [5.74, 6) is -0.136. The van der Waals surface area contributed by atoms with E-state index in [1.165, 1.54) is 0 Å². The topological polar surface area (TPSA) is 59.0 Å². The highest BCUT2D eigenvalue weighted by Gasteiger charge is 2.32. The number of carbonyl (C=O) groups is 2. The number of hydrogen-bond donors (Lipinski definition) is 0. The van der Waals surface area contributed by atoms with Gasteiger partial charge >= 0.3 is 0 Å². The van der Waals surface area contributed by atoms with Crippen LogP contribution in [0.4, 0.5) is 0 Å². The molecule has 0 atom stereocenters. The number of carbonyl (C=O) groups excluding carboxylic acids is 2. The summed E-state index contributed by atoms with van der Waals surface area (Å²) in [7, 11) is 1.57. The fraction of sp³-hybridized carbons (Fsp3) is 0.667. The Bertz CT molecular complexity index is 268. The van der Waals surface area contributed by atoms with Crippen LogP contribution in [0.15, 0.2) is 4.99 Å². The highest BCUT2D eigenvalue weighted by atomic mass is 16.7. The van der Waals surface area contributed by atoms with Crippen LogP contribution in [0.3, 0.4) is 0 Å². The molecule has 1 aliphatic heterocycles. The molecule has 0 bridgehead atoms. The first kappa shape index (κ1) is 10.7. The van der Waals surface area contributed by atoms with Gasteiger partial charge in [-0.1, -0.05) is 13.8 Å². The van der Waals surface area contributed by atoms with Crippen LogP contribution < -0.4 is 0 Å². The zero-order valence-corrected chi connectivity index (χ0v) is 8.61. The van der Waals surface area contributed by atoms with E-state index in [4.69, 9.17) is 4.84 Å². The van der Waals surface area contributed by atoms with Gasteiger partial charge in [0.25, 0.3) is 11.8 Å². The van der Waals surface area contributed by atoms with Crippen molar-refractivity contribution in [1.82, 2.24) is 5.06 Å². The summed E-state index contributed by atoms with van der Waals surface area (Å²) >= 11 is 0. The normalized spacial score (nSPS) is 18.3. The third kappa shape index (κ3) is 2.10. The van der Waals surface area contributed by atoms with Gasteiger partial charge in [0.05, 0.1) is 0 Å². The SMILES string of the molecule is C/N=C(/ON1C(=O)CCC1=O)C(C)C. The van der Waals surface area contributed by atoms with Crippen molar-refractivity contribution in [2.45, 2.75) is 26.7 Å². The van der Waals surface area contributed by atoms with Crippen LogP contribution >= 0.6 is 0 Å². The Hall–Kier alpha value is -1.39. The summed E-state index contributed by atoms with van der Waals surface area (Å²) in [6, 6.07) is 0. The predicted molar refractivity (Wildman–Crippen MR) is 50.4 cm³/mol. The van der Waals surface area contributed by atoms with Crippen LogP contribution in [0.2, 0.25) is 0 Å². The summed E-state index contributed by atoms with van der Waals surface area (Å²) in [6.45, 7) is 3.76. The van der Waals surface area contributed by atoms with Crippen LogP contribution in [0, 0.1) is 5.92 Å². The van der Waals surface area contributed by atoms with Gasteiger partial charge in [-0.3, -0.25) is 14.6 Å². The Morgan fingerprint density at radius 2 is 1.86 bits per heavy atom. The van der Waals surface area contributed by atoms with Crippen molar-refractivity contribution >= 4 is 17.7 Å². The standard InChI is InChI=1S/C9H14N2O3/c1-6(2)9(10-3)14-11-7(12)4-5-8(11)13/h6H,4-5H2,1-3H3/b10-9+. The first-order valence-electron chi connectivity index (χ1n) is 4.56. The number of nitrogens with zero attached hydrogens (tertiary/aromatic N) is 2. The molecule has 5 heteroatoms. The molecule has 0 unspecified atom stereocenters. The lowest BCUT2D eigenvalue weighted by Gasteiger charge is -2.17. The van der Waals surface area contributed by atoms with Crippen molar-refractivity contribution in [2.24, 2.45) is 10.9 Å². The molecule has 1 aliphatic rings. The molecule has 0 aromatic heterocycles. The van der Waals surface area contributed by atoms with E-state index >= 15 is 0 Å². The van der Waals surface area contributed by atoms with E-state index in [2.05, 4.69) is 4.99 Å². The number of imide groups is 1. The molecule has 1 rings (SSSR count). The van der Waals surface area contributed by atoms with E-state index in [1.54, 1.807) is 7.05 Å². The van der Waals surface area contributed by atoms with E-state index in [9.17, 15) is 9.59 Å². The zero-order chi connectivity index (χ0) is 10.7. The van der Waals surface area contributed by atoms with Crippen molar-refractivity contribution in [1.29, 1.82) is 0 Å². The van der Waals surface area contributed by atoms with Crippen LogP contribution in [-0.2, 0) is 14.4 Å². The largest absolute Gasteiger partial charge is 0.353 e. The number of hydrogen-bond acceptors (Lipinski definition) is 4. The molecule has 0 N–H and O–H groups in total. The van der Waals surface area contributed by atoms with Crippen LogP contribution in [0.1, 0.15) is 26.7 Å². The Kier molecular flexibility index (Phi) is 3.22. The molecule has 14 heavy (non-hydrogen) atoms. The molecule has 0 radical (unpaired) electrons. The lowest BCUT2D eigenvalue weighted by Crippen LogP contribution is -2.33. The number of amides is 2. The molecule has 0 aromatic carbocycles. The van der Waals surface area contributed by atoms with Crippen molar-refractivity contribution in [3.8, 4) is 0 Å². The van der Waals surface area contributed by atoms with Gasteiger partial charge in [0.15, 0.2) is 0 Å². The predicted octanol–water partition coefficient (Wildman–Crippen LogP) is 0.751. The molecule has 1 fully saturated rings. The first-order valence-corrected chi connectivity index (χ1v) is 4.56. The van der Waals surface area contributed by atoms with E-state index < -0.39 is 0 Å². The van der Waals surface area contributed by atoms with Gasteiger partial charge in [0.2, 0.25) is 5.90 Å². The fourth-order valence-electron chi connectivity index (χ4n) is 1.16. The summed E-state index contributed by atoms with van der Waals surface area (Å²) in [6.07, 6.45) is 0.460. The third-order valence-corrected chi connectivity index (χ3v) is 1.90. The monoisotopic (exact) mass is 198 g/mol. The van der Waals surface area contributed by atoms with Crippen LogP contribution in [0.5, 0.6) is 0 Å². The summed E-state index contributed by atoms with van der Waals surface area (Å²) in [4.78, 5) is 31.4. The smallest absolute Gasteiger partial charge is 0.263 e. The second kappa shape index (κ2) is 4.21. The minimum absolute atomic E-state index is 0.0567. The molecule has 5 nitrogen and oxygen atoms in total. The summed E-state index contributed by atoms with van der Waals surface area (Å²) < 4.78 is 0. The van der Waals surface area contributed by atoms with E-state index in [-0.39, 0.29) is 30.6 Å². The lowest BCUT2D eigenvalue weighted by atomic mass is 10.2. The van der Waals surface area contributed by atoms with Gasteiger partial charge in [0, 0.05) is 25.8 Å². The molecule has 0 saturated carbocycles. The van der Waals surface area contributed by atoms with Crippen LogP contribution in [-0.4, -0.2) is 29.8 Å². The number of hydroxylamine groups is 2. The minimum Gasteiger partial charge on any atom is -0.353 e. The highest BCUT2D eigenvalue weighted by molar-refractivity contribution is 6.01. The van der Waals surface area contributed by atoms with Gasteiger partial charge in [-0.05, 0) is 0 Å². The Morgan fingerprint density at radius 3 is 2.21 bits per heavy atom. The second-order valence-corrected chi connectivity index (χ2v) is 3.39.